The van der Waals surface area contributed by atoms with Gasteiger partial charge in [0.1, 0.15) is 12.4 Å². The first-order valence-corrected chi connectivity index (χ1v) is 6.78. The summed E-state index contributed by atoms with van der Waals surface area (Å²) in [5, 5.41) is 3.24. The molecule has 0 aliphatic rings. The molecule has 0 saturated carbocycles. The molecule has 0 saturated heterocycles. The van der Waals surface area contributed by atoms with Gasteiger partial charge >= 0.3 is 0 Å². The van der Waals surface area contributed by atoms with E-state index in [9.17, 15) is 4.39 Å². The van der Waals surface area contributed by atoms with E-state index in [0.29, 0.717) is 12.2 Å². The molecule has 0 aliphatic carbocycles. The van der Waals surface area contributed by atoms with Gasteiger partial charge in [-0.15, -0.1) is 0 Å². The molecule has 4 heteroatoms. The first-order chi connectivity index (χ1) is 9.72. The Morgan fingerprint density at radius 2 is 2.10 bits per heavy atom. The highest BCUT2D eigenvalue weighted by molar-refractivity contribution is 5.43. The molecular formula is C16H19FN2O. The lowest BCUT2D eigenvalue weighted by molar-refractivity contribution is 0.290. The minimum atomic E-state index is -0.306. The maximum absolute atomic E-state index is 13.9. The van der Waals surface area contributed by atoms with E-state index in [1.54, 1.807) is 31.3 Å². The molecule has 3 nitrogen and oxygen atoms in total. The van der Waals surface area contributed by atoms with Gasteiger partial charge in [0.25, 0.3) is 0 Å². The van der Waals surface area contributed by atoms with Crippen LogP contribution in [0.25, 0.3) is 0 Å². The molecule has 1 aromatic heterocycles. The number of benzene rings is 1. The third-order valence-electron chi connectivity index (χ3n) is 2.97. The number of pyridine rings is 1. The van der Waals surface area contributed by atoms with E-state index >= 15 is 0 Å². The van der Waals surface area contributed by atoms with Gasteiger partial charge in [0, 0.05) is 18.3 Å². The summed E-state index contributed by atoms with van der Waals surface area (Å²) in [5.74, 6) is 0.761. The molecule has 1 N–H and O–H groups in total. The summed E-state index contributed by atoms with van der Waals surface area (Å²) in [6.45, 7) is 4.96. The summed E-state index contributed by atoms with van der Waals surface area (Å²) in [5.41, 5.74) is 1.50. The molecule has 0 atom stereocenters. The van der Waals surface area contributed by atoms with E-state index < -0.39 is 0 Å². The average molecular weight is 274 g/mol. The smallest absolute Gasteiger partial charge is 0.167 e. The molecule has 20 heavy (non-hydrogen) atoms. The predicted molar refractivity (Wildman–Crippen MR) is 78.5 cm³/mol. The van der Waals surface area contributed by atoms with Crippen LogP contribution >= 0.6 is 0 Å². The topological polar surface area (TPSA) is 34.2 Å². The molecule has 0 bridgehead atoms. The number of aryl methyl sites for hydroxylation is 1. The van der Waals surface area contributed by atoms with Crippen molar-refractivity contribution in [2.24, 2.45) is 0 Å². The van der Waals surface area contributed by atoms with Crippen LogP contribution in [-0.2, 0) is 6.61 Å². The van der Waals surface area contributed by atoms with E-state index in [4.69, 9.17) is 4.74 Å². The summed E-state index contributed by atoms with van der Waals surface area (Å²) in [6.07, 6.45) is 2.75. The third kappa shape index (κ3) is 3.47. The standard InChI is InChI=1S/C16H19FN2O/c1-3-9-18-16-13(7-5-10-19-16)11-20-14-8-4-6-12(2)15(14)17/h4-8,10H,3,9,11H2,1-2H3,(H,18,19). The van der Waals surface area contributed by atoms with Crippen molar-refractivity contribution in [3.05, 3.63) is 53.5 Å². The van der Waals surface area contributed by atoms with Gasteiger partial charge in [-0.05, 0) is 31.0 Å². The molecular weight excluding hydrogens is 255 g/mol. The molecule has 0 aliphatic heterocycles. The van der Waals surface area contributed by atoms with Crippen LogP contribution in [0.1, 0.15) is 24.5 Å². The highest BCUT2D eigenvalue weighted by Crippen LogP contribution is 2.22. The van der Waals surface area contributed by atoms with E-state index in [1.807, 2.05) is 12.1 Å². The van der Waals surface area contributed by atoms with Crippen molar-refractivity contribution in [2.45, 2.75) is 26.9 Å². The zero-order valence-corrected chi connectivity index (χ0v) is 11.8. The van der Waals surface area contributed by atoms with Crippen molar-refractivity contribution in [1.29, 1.82) is 0 Å². The molecule has 0 amide bonds. The molecule has 1 heterocycles. The number of anilines is 1. The number of rotatable bonds is 6. The monoisotopic (exact) mass is 274 g/mol. The van der Waals surface area contributed by atoms with Crippen LogP contribution in [0.15, 0.2) is 36.5 Å². The summed E-state index contributed by atoms with van der Waals surface area (Å²) in [7, 11) is 0. The van der Waals surface area contributed by atoms with Crippen molar-refractivity contribution in [3.63, 3.8) is 0 Å². The third-order valence-corrected chi connectivity index (χ3v) is 2.97. The normalized spacial score (nSPS) is 10.3. The fraction of sp³-hybridized carbons (Fsp3) is 0.312. The molecule has 0 spiro atoms. The Kier molecular flexibility index (Phi) is 4.93. The number of hydrogen-bond acceptors (Lipinski definition) is 3. The van der Waals surface area contributed by atoms with Crippen molar-refractivity contribution >= 4 is 5.82 Å². The van der Waals surface area contributed by atoms with E-state index in [0.717, 1.165) is 24.3 Å². The second-order valence-electron chi connectivity index (χ2n) is 4.61. The van der Waals surface area contributed by atoms with Crippen molar-refractivity contribution in [2.75, 3.05) is 11.9 Å². The van der Waals surface area contributed by atoms with Crippen LogP contribution in [-0.4, -0.2) is 11.5 Å². The van der Waals surface area contributed by atoms with Gasteiger partial charge in [0.15, 0.2) is 11.6 Å². The summed E-state index contributed by atoms with van der Waals surface area (Å²) >= 11 is 0. The first-order valence-electron chi connectivity index (χ1n) is 6.78. The van der Waals surface area contributed by atoms with Gasteiger partial charge in [-0.25, -0.2) is 9.37 Å². The first kappa shape index (κ1) is 14.3. The molecule has 0 unspecified atom stereocenters. The van der Waals surface area contributed by atoms with Crippen LogP contribution in [0.5, 0.6) is 5.75 Å². The van der Waals surface area contributed by atoms with Gasteiger partial charge in [0.2, 0.25) is 0 Å². The SMILES string of the molecule is CCCNc1ncccc1COc1cccc(C)c1F. The average Bonchev–Trinajstić information content (AvgIpc) is 2.47. The van der Waals surface area contributed by atoms with Crippen molar-refractivity contribution in [3.8, 4) is 5.75 Å². The van der Waals surface area contributed by atoms with Crippen LogP contribution in [0, 0.1) is 12.7 Å². The molecule has 0 radical (unpaired) electrons. The van der Waals surface area contributed by atoms with E-state index in [1.165, 1.54) is 0 Å². The fourth-order valence-corrected chi connectivity index (χ4v) is 1.85. The maximum atomic E-state index is 13.9. The Balaban J connectivity index is 2.09. The second-order valence-corrected chi connectivity index (χ2v) is 4.61. The Bertz CT molecular complexity index is 572. The van der Waals surface area contributed by atoms with E-state index in [2.05, 4.69) is 17.2 Å². The summed E-state index contributed by atoms with van der Waals surface area (Å²) in [4.78, 5) is 4.28. The zero-order chi connectivity index (χ0) is 14.4. The highest BCUT2D eigenvalue weighted by Gasteiger charge is 2.08. The zero-order valence-electron chi connectivity index (χ0n) is 11.8. The molecule has 0 fully saturated rings. The molecule has 2 rings (SSSR count). The number of nitrogens with one attached hydrogen (secondary N) is 1. The van der Waals surface area contributed by atoms with Gasteiger partial charge in [-0.3, -0.25) is 0 Å². The summed E-state index contributed by atoms with van der Waals surface area (Å²) in [6, 6.07) is 8.92. The van der Waals surface area contributed by atoms with Crippen LogP contribution in [0.2, 0.25) is 0 Å². The lowest BCUT2D eigenvalue weighted by Gasteiger charge is -2.12. The highest BCUT2D eigenvalue weighted by atomic mass is 19.1. The number of aromatic nitrogens is 1. The number of ether oxygens (including phenoxy) is 1. The fourth-order valence-electron chi connectivity index (χ4n) is 1.85. The van der Waals surface area contributed by atoms with Crippen LogP contribution in [0.4, 0.5) is 10.2 Å². The Hall–Kier alpha value is -2.10. The molecule has 106 valence electrons. The van der Waals surface area contributed by atoms with E-state index in [-0.39, 0.29) is 11.6 Å². The van der Waals surface area contributed by atoms with Gasteiger partial charge in [0.05, 0.1) is 0 Å². The largest absolute Gasteiger partial charge is 0.486 e. The van der Waals surface area contributed by atoms with Crippen LogP contribution in [0.3, 0.4) is 0 Å². The van der Waals surface area contributed by atoms with Gasteiger partial charge < -0.3 is 10.1 Å². The lowest BCUT2D eigenvalue weighted by Crippen LogP contribution is -2.07. The summed E-state index contributed by atoms with van der Waals surface area (Å²) < 4.78 is 19.4. The Morgan fingerprint density at radius 3 is 2.90 bits per heavy atom. The van der Waals surface area contributed by atoms with Crippen molar-refractivity contribution in [1.82, 2.24) is 4.98 Å². The predicted octanol–water partition coefficient (Wildman–Crippen LogP) is 3.93. The lowest BCUT2D eigenvalue weighted by atomic mass is 10.2. The number of hydrogen-bond donors (Lipinski definition) is 1. The van der Waals surface area contributed by atoms with Crippen LogP contribution < -0.4 is 10.1 Å². The number of halogens is 1. The van der Waals surface area contributed by atoms with Crippen molar-refractivity contribution < 1.29 is 9.13 Å². The quantitative estimate of drug-likeness (QED) is 0.866. The second kappa shape index (κ2) is 6.89. The molecule has 2 aromatic rings. The number of nitrogens with zero attached hydrogens (tertiary/aromatic N) is 1. The van der Waals surface area contributed by atoms with Gasteiger partial charge in [-0.2, -0.15) is 0 Å². The Morgan fingerprint density at radius 1 is 1.25 bits per heavy atom. The molecule has 1 aromatic carbocycles. The minimum absolute atomic E-state index is 0.273. The minimum Gasteiger partial charge on any atom is -0.486 e. The maximum Gasteiger partial charge on any atom is 0.167 e. The van der Waals surface area contributed by atoms with Gasteiger partial charge in [-0.1, -0.05) is 25.1 Å². The Labute approximate surface area is 118 Å².